The Kier molecular flexibility index (Phi) is 2.37. The van der Waals surface area contributed by atoms with E-state index in [9.17, 15) is 0 Å². The third-order valence-electron chi connectivity index (χ3n) is 3.04. The van der Waals surface area contributed by atoms with E-state index in [4.69, 9.17) is 4.74 Å². The molecule has 0 aromatic carbocycles. The van der Waals surface area contributed by atoms with Gasteiger partial charge >= 0.3 is 0 Å². The van der Waals surface area contributed by atoms with Crippen molar-refractivity contribution in [3.63, 3.8) is 0 Å². The van der Waals surface area contributed by atoms with Crippen LogP contribution in [0.15, 0.2) is 0 Å². The maximum atomic E-state index is 5.50. The molecule has 4 unspecified atom stereocenters. The Morgan fingerprint density at radius 1 is 1.25 bits per heavy atom. The lowest BCUT2D eigenvalue weighted by atomic mass is 10.0. The van der Waals surface area contributed by atoms with Crippen LogP contribution in [-0.2, 0) is 4.74 Å². The van der Waals surface area contributed by atoms with Gasteiger partial charge in [0, 0.05) is 18.7 Å². The van der Waals surface area contributed by atoms with Crippen LogP contribution in [0.5, 0.6) is 0 Å². The highest BCUT2D eigenvalue weighted by Crippen LogP contribution is 2.30. The lowest BCUT2D eigenvalue weighted by molar-refractivity contribution is 0.0128. The Bertz CT molecular complexity index is 160. The van der Waals surface area contributed by atoms with Gasteiger partial charge in [-0.05, 0) is 32.1 Å². The maximum absolute atomic E-state index is 5.50. The molecule has 0 radical (unpaired) electrons. The summed E-state index contributed by atoms with van der Waals surface area (Å²) in [5, 5.41) is 3.69. The molecular weight excluding hydrogens is 150 g/mol. The molecule has 1 heterocycles. The van der Waals surface area contributed by atoms with Gasteiger partial charge in [-0.3, -0.25) is 0 Å². The molecule has 1 aliphatic carbocycles. The van der Waals surface area contributed by atoms with Crippen molar-refractivity contribution in [2.75, 3.05) is 6.61 Å². The fraction of sp³-hybridized carbons (Fsp3) is 1.00. The molecule has 0 bridgehead atoms. The summed E-state index contributed by atoms with van der Waals surface area (Å²) in [5.74, 6) is 0.920. The summed E-state index contributed by atoms with van der Waals surface area (Å²) in [6.07, 6.45) is 4.24. The van der Waals surface area contributed by atoms with Crippen LogP contribution in [0.25, 0.3) is 0 Å². The van der Waals surface area contributed by atoms with Gasteiger partial charge in [-0.2, -0.15) is 0 Å². The van der Waals surface area contributed by atoms with E-state index in [1.165, 1.54) is 19.3 Å². The first kappa shape index (κ1) is 8.52. The van der Waals surface area contributed by atoms with Crippen molar-refractivity contribution in [1.82, 2.24) is 5.32 Å². The molecule has 1 aliphatic heterocycles. The molecular formula is C10H19NO. The summed E-state index contributed by atoms with van der Waals surface area (Å²) >= 11 is 0. The van der Waals surface area contributed by atoms with Crippen molar-refractivity contribution in [3.8, 4) is 0 Å². The van der Waals surface area contributed by atoms with Crippen LogP contribution in [0.4, 0.5) is 0 Å². The molecule has 2 nitrogen and oxygen atoms in total. The fourth-order valence-electron chi connectivity index (χ4n) is 2.01. The Hall–Kier alpha value is -0.0800. The number of nitrogens with one attached hydrogen (secondary N) is 1. The van der Waals surface area contributed by atoms with Crippen molar-refractivity contribution in [2.24, 2.45) is 5.92 Å². The van der Waals surface area contributed by atoms with Gasteiger partial charge in [-0.1, -0.05) is 6.92 Å². The Balaban J connectivity index is 1.72. The van der Waals surface area contributed by atoms with Gasteiger partial charge in [0.15, 0.2) is 0 Å². The predicted octanol–water partition coefficient (Wildman–Crippen LogP) is 1.55. The highest BCUT2D eigenvalue weighted by Gasteiger charge is 2.34. The molecule has 1 saturated heterocycles. The number of hydrogen-bond donors (Lipinski definition) is 1. The lowest BCUT2D eigenvalue weighted by Crippen LogP contribution is -2.39. The predicted molar refractivity (Wildman–Crippen MR) is 49.1 cm³/mol. The largest absolute Gasteiger partial charge is 0.378 e. The maximum Gasteiger partial charge on any atom is 0.0561 e. The zero-order chi connectivity index (χ0) is 8.55. The zero-order valence-electron chi connectivity index (χ0n) is 8.05. The van der Waals surface area contributed by atoms with Crippen LogP contribution in [0.3, 0.4) is 0 Å². The van der Waals surface area contributed by atoms with Crippen LogP contribution in [0.2, 0.25) is 0 Å². The van der Waals surface area contributed by atoms with Crippen LogP contribution in [0.1, 0.15) is 33.1 Å². The molecule has 2 rings (SSSR count). The van der Waals surface area contributed by atoms with E-state index in [2.05, 4.69) is 19.2 Å². The number of rotatable bonds is 2. The van der Waals surface area contributed by atoms with Gasteiger partial charge in [0.25, 0.3) is 0 Å². The smallest absolute Gasteiger partial charge is 0.0561 e. The fourth-order valence-corrected chi connectivity index (χ4v) is 2.01. The molecule has 0 aromatic rings. The summed E-state index contributed by atoms with van der Waals surface area (Å²) in [5.41, 5.74) is 0. The van der Waals surface area contributed by atoms with Crippen LogP contribution >= 0.6 is 0 Å². The minimum absolute atomic E-state index is 0.463. The average Bonchev–Trinajstić information content (AvgIpc) is 2.66. The number of ether oxygens (including phenoxy) is 1. The van der Waals surface area contributed by atoms with E-state index in [1.54, 1.807) is 0 Å². The summed E-state index contributed by atoms with van der Waals surface area (Å²) in [4.78, 5) is 0. The Morgan fingerprint density at radius 2 is 2.00 bits per heavy atom. The first-order valence-corrected chi connectivity index (χ1v) is 5.13. The summed E-state index contributed by atoms with van der Waals surface area (Å²) in [7, 11) is 0. The van der Waals surface area contributed by atoms with Crippen LogP contribution < -0.4 is 5.32 Å². The minimum atomic E-state index is 0.463. The lowest BCUT2D eigenvalue weighted by Gasteiger charge is -2.28. The highest BCUT2D eigenvalue weighted by molar-refractivity contribution is 4.92. The van der Waals surface area contributed by atoms with Gasteiger partial charge in [0.05, 0.1) is 6.10 Å². The van der Waals surface area contributed by atoms with Crippen molar-refractivity contribution in [1.29, 1.82) is 0 Å². The SMILES string of the molecule is CC1CC(NC2CC2C)CCO1. The Morgan fingerprint density at radius 3 is 2.58 bits per heavy atom. The molecule has 0 spiro atoms. The quantitative estimate of drug-likeness (QED) is 0.677. The molecule has 12 heavy (non-hydrogen) atoms. The topological polar surface area (TPSA) is 21.3 Å². The van der Waals surface area contributed by atoms with Crippen molar-refractivity contribution >= 4 is 0 Å². The molecule has 0 aromatic heterocycles. The second-order valence-electron chi connectivity index (χ2n) is 4.39. The summed E-state index contributed by atoms with van der Waals surface area (Å²) in [6, 6.07) is 1.55. The first-order valence-electron chi connectivity index (χ1n) is 5.13. The van der Waals surface area contributed by atoms with Gasteiger partial charge in [0.1, 0.15) is 0 Å². The molecule has 1 N–H and O–H groups in total. The van der Waals surface area contributed by atoms with E-state index in [-0.39, 0.29) is 0 Å². The highest BCUT2D eigenvalue weighted by atomic mass is 16.5. The van der Waals surface area contributed by atoms with Crippen molar-refractivity contribution < 1.29 is 4.74 Å². The molecule has 70 valence electrons. The van der Waals surface area contributed by atoms with Crippen molar-refractivity contribution in [2.45, 2.75) is 51.3 Å². The second kappa shape index (κ2) is 3.35. The third kappa shape index (κ3) is 1.99. The molecule has 0 amide bonds. The third-order valence-corrected chi connectivity index (χ3v) is 3.04. The Labute approximate surface area is 74.7 Å². The summed E-state index contributed by atoms with van der Waals surface area (Å²) in [6.45, 7) is 5.44. The van der Waals surface area contributed by atoms with Crippen LogP contribution in [-0.4, -0.2) is 24.8 Å². The average molecular weight is 169 g/mol. The van der Waals surface area contributed by atoms with Gasteiger partial charge in [-0.15, -0.1) is 0 Å². The molecule has 1 saturated carbocycles. The second-order valence-corrected chi connectivity index (χ2v) is 4.39. The molecule has 4 atom stereocenters. The standard InChI is InChI=1S/C10H19NO/c1-7-5-10(7)11-9-3-4-12-8(2)6-9/h7-11H,3-6H2,1-2H3. The molecule has 2 aliphatic rings. The number of hydrogen-bond acceptors (Lipinski definition) is 2. The van der Waals surface area contributed by atoms with Crippen molar-refractivity contribution in [3.05, 3.63) is 0 Å². The van der Waals surface area contributed by atoms with Crippen LogP contribution in [0, 0.1) is 5.92 Å². The molecule has 2 fully saturated rings. The van der Waals surface area contributed by atoms with E-state index in [0.717, 1.165) is 24.6 Å². The van der Waals surface area contributed by atoms with E-state index in [0.29, 0.717) is 6.10 Å². The van der Waals surface area contributed by atoms with Gasteiger partial charge in [0.2, 0.25) is 0 Å². The minimum Gasteiger partial charge on any atom is -0.378 e. The van der Waals surface area contributed by atoms with E-state index < -0.39 is 0 Å². The summed E-state index contributed by atoms with van der Waals surface area (Å²) < 4.78 is 5.50. The van der Waals surface area contributed by atoms with Gasteiger partial charge < -0.3 is 10.1 Å². The first-order chi connectivity index (χ1) is 5.75. The monoisotopic (exact) mass is 169 g/mol. The zero-order valence-corrected chi connectivity index (χ0v) is 8.05. The van der Waals surface area contributed by atoms with Gasteiger partial charge in [-0.25, -0.2) is 0 Å². The molecule has 2 heteroatoms. The van der Waals surface area contributed by atoms with E-state index >= 15 is 0 Å². The normalized spacial score (nSPS) is 47.5. The van der Waals surface area contributed by atoms with E-state index in [1.807, 2.05) is 0 Å².